The van der Waals surface area contributed by atoms with E-state index in [1.165, 1.54) is 70.1 Å². The van der Waals surface area contributed by atoms with Gasteiger partial charge in [-0.25, -0.2) is 0 Å². The molecular formula is C28H24F6N6O10. The number of benzene rings is 2. The molecule has 0 unspecified atom stereocenters. The maximum atomic E-state index is 12.1. The third-order valence-corrected chi connectivity index (χ3v) is 6.71. The predicted molar refractivity (Wildman–Crippen MR) is 152 cm³/mol. The molecule has 22 heteroatoms. The number of ether oxygens (including phenoxy) is 6. The minimum Gasteiger partial charge on any atom is -0.443 e. The summed E-state index contributed by atoms with van der Waals surface area (Å²) in [5.74, 6) is -1.24. The fourth-order valence-electron chi connectivity index (χ4n) is 4.52. The lowest BCUT2D eigenvalue weighted by Crippen LogP contribution is -2.32. The Bertz CT molecular complexity index is 1650. The first-order valence-electron chi connectivity index (χ1n) is 14.2. The van der Waals surface area contributed by atoms with Crippen LogP contribution in [-0.4, -0.2) is 67.1 Å². The molecule has 0 saturated heterocycles. The standard InChI is InChI=1S/2C14H12F3N3O5/c2*15-14(16,17)25-10-3-1-9(2-4-10)7-23-11-5-19-6-12(20(21)22)18-13(19)24-8-11/h2*1-4,6,11H,5,7-8H2/t2*11-/m00/s1. The van der Waals surface area contributed by atoms with Crippen LogP contribution in [-0.2, 0) is 35.8 Å². The van der Waals surface area contributed by atoms with E-state index in [2.05, 4.69) is 19.4 Å². The molecular weight excluding hydrogens is 694 g/mol. The molecule has 2 aromatic heterocycles. The second-order valence-electron chi connectivity index (χ2n) is 10.5. The highest BCUT2D eigenvalue weighted by atomic mass is 19.4. The van der Waals surface area contributed by atoms with Crippen molar-refractivity contribution in [1.29, 1.82) is 0 Å². The first-order chi connectivity index (χ1) is 23.6. The zero-order valence-corrected chi connectivity index (χ0v) is 25.2. The summed E-state index contributed by atoms with van der Waals surface area (Å²) in [5.41, 5.74) is 1.30. The van der Waals surface area contributed by atoms with Crippen LogP contribution in [0.3, 0.4) is 0 Å². The normalized spacial score (nSPS) is 16.8. The van der Waals surface area contributed by atoms with Gasteiger partial charge in [-0.1, -0.05) is 24.3 Å². The Morgan fingerprint density at radius 2 is 1.04 bits per heavy atom. The highest BCUT2D eigenvalue weighted by molar-refractivity contribution is 5.28. The summed E-state index contributed by atoms with van der Waals surface area (Å²) in [6.07, 6.45) is -7.69. The average molecular weight is 719 g/mol. The summed E-state index contributed by atoms with van der Waals surface area (Å²) in [4.78, 5) is 27.6. The topological polar surface area (TPSA) is 177 Å². The number of fused-ring (bicyclic) bond motifs is 2. The summed E-state index contributed by atoms with van der Waals surface area (Å²) >= 11 is 0. The molecule has 0 fully saturated rings. The molecule has 2 aliphatic rings. The number of hydrogen-bond donors (Lipinski definition) is 0. The Hall–Kier alpha value is -5.64. The molecule has 2 atom stereocenters. The zero-order chi connectivity index (χ0) is 36.1. The van der Waals surface area contributed by atoms with E-state index >= 15 is 0 Å². The lowest BCUT2D eigenvalue weighted by atomic mass is 10.2. The Morgan fingerprint density at radius 3 is 1.36 bits per heavy atom. The fourth-order valence-corrected chi connectivity index (χ4v) is 4.52. The minimum absolute atomic E-state index is 0.145. The summed E-state index contributed by atoms with van der Waals surface area (Å²) in [6, 6.07) is 10.9. The van der Waals surface area contributed by atoms with Gasteiger partial charge in [-0.3, -0.25) is 9.13 Å². The van der Waals surface area contributed by atoms with Crippen LogP contribution in [0.5, 0.6) is 23.5 Å². The molecule has 6 rings (SSSR count). The lowest BCUT2D eigenvalue weighted by molar-refractivity contribution is -0.389. The fraction of sp³-hybridized carbons (Fsp3) is 0.357. The van der Waals surface area contributed by atoms with E-state index in [-0.39, 0.29) is 73.8 Å². The van der Waals surface area contributed by atoms with Gasteiger partial charge in [-0.15, -0.1) is 26.3 Å². The van der Waals surface area contributed by atoms with Gasteiger partial charge < -0.3 is 48.6 Å². The van der Waals surface area contributed by atoms with Gasteiger partial charge in [-0.05, 0) is 45.2 Å². The van der Waals surface area contributed by atoms with Crippen LogP contribution < -0.4 is 18.9 Å². The highest BCUT2D eigenvalue weighted by Crippen LogP contribution is 2.27. The van der Waals surface area contributed by atoms with Crippen molar-refractivity contribution < 1.29 is 64.6 Å². The molecule has 0 radical (unpaired) electrons. The van der Waals surface area contributed by atoms with Crippen LogP contribution >= 0.6 is 0 Å². The minimum atomic E-state index is -4.73. The quantitative estimate of drug-likeness (QED) is 0.117. The average Bonchev–Trinajstić information content (AvgIpc) is 3.67. The highest BCUT2D eigenvalue weighted by Gasteiger charge is 2.32. The van der Waals surface area contributed by atoms with Crippen molar-refractivity contribution in [2.45, 2.75) is 51.2 Å². The van der Waals surface area contributed by atoms with Crippen LogP contribution in [0.15, 0.2) is 60.9 Å². The number of alkyl halides is 6. The van der Waals surface area contributed by atoms with Gasteiger partial charge in [0.2, 0.25) is 0 Å². The van der Waals surface area contributed by atoms with Crippen LogP contribution in [0.4, 0.5) is 38.0 Å². The molecule has 50 heavy (non-hydrogen) atoms. The molecule has 2 aromatic carbocycles. The molecule has 268 valence electrons. The second kappa shape index (κ2) is 14.9. The maximum Gasteiger partial charge on any atom is 0.573 e. The molecule has 0 amide bonds. The summed E-state index contributed by atoms with van der Waals surface area (Å²) in [6.45, 7) is 1.28. The number of nitro groups is 2. The number of hydrogen-bond acceptors (Lipinski definition) is 12. The van der Waals surface area contributed by atoms with Crippen molar-refractivity contribution in [2.75, 3.05) is 13.2 Å². The van der Waals surface area contributed by atoms with Crippen molar-refractivity contribution in [1.82, 2.24) is 19.1 Å². The first kappa shape index (κ1) is 35.7. The Morgan fingerprint density at radius 1 is 0.680 bits per heavy atom. The van der Waals surface area contributed by atoms with Crippen molar-refractivity contribution in [3.8, 4) is 23.5 Å². The molecule has 4 aromatic rings. The largest absolute Gasteiger partial charge is 0.573 e. The summed E-state index contributed by atoms with van der Waals surface area (Å²) in [5, 5.41) is 21.4. The smallest absolute Gasteiger partial charge is 0.443 e. The van der Waals surface area contributed by atoms with Crippen LogP contribution in [0.25, 0.3) is 0 Å². The summed E-state index contributed by atoms with van der Waals surface area (Å²) in [7, 11) is 0. The third kappa shape index (κ3) is 10.2. The molecule has 4 heterocycles. The van der Waals surface area contributed by atoms with Crippen LogP contribution in [0.1, 0.15) is 11.1 Å². The molecule has 0 spiro atoms. The number of imidazole rings is 2. The van der Waals surface area contributed by atoms with Gasteiger partial charge in [-0.2, -0.15) is 0 Å². The molecule has 0 saturated carbocycles. The first-order valence-corrected chi connectivity index (χ1v) is 14.2. The van der Waals surface area contributed by atoms with E-state index in [0.29, 0.717) is 24.2 Å². The number of nitrogens with zero attached hydrogens (tertiary/aromatic N) is 6. The van der Waals surface area contributed by atoms with Gasteiger partial charge in [0.15, 0.2) is 0 Å². The van der Waals surface area contributed by atoms with Crippen LogP contribution in [0, 0.1) is 20.2 Å². The van der Waals surface area contributed by atoms with E-state index in [9.17, 15) is 46.6 Å². The number of halogens is 6. The predicted octanol–water partition coefficient (Wildman–Crippen LogP) is 5.34. The van der Waals surface area contributed by atoms with Gasteiger partial charge in [0.05, 0.1) is 26.3 Å². The van der Waals surface area contributed by atoms with Gasteiger partial charge >= 0.3 is 36.4 Å². The van der Waals surface area contributed by atoms with Gasteiger partial charge in [0.1, 0.15) is 49.3 Å². The lowest BCUT2D eigenvalue weighted by Gasteiger charge is -2.22. The Kier molecular flexibility index (Phi) is 10.6. The zero-order valence-electron chi connectivity index (χ0n) is 25.2. The molecule has 0 N–H and O–H groups in total. The van der Waals surface area contributed by atoms with Crippen molar-refractivity contribution >= 4 is 11.6 Å². The van der Waals surface area contributed by atoms with E-state index in [4.69, 9.17) is 18.9 Å². The maximum absolute atomic E-state index is 12.1. The molecule has 0 aliphatic carbocycles. The molecule has 2 aliphatic heterocycles. The Labute approximate surface area is 276 Å². The monoisotopic (exact) mass is 718 g/mol. The molecule has 16 nitrogen and oxygen atoms in total. The van der Waals surface area contributed by atoms with E-state index in [0.717, 1.165) is 0 Å². The summed E-state index contributed by atoms with van der Waals surface area (Å²) < 4.78 is 105. The van der Waals surface area contributed by atoms with E-state index < -0.39 is 22.6 Å². The van der Waals surface area contributed by atoms with Crippen molar-refractivity contribution in [3.05, 3.63) is 92.3 Å². The number of rotatable bonds is 10. The van der Waals surface area contributed by atoms with Crippen LogP contribution in [0.2, 0.25) is 0 Å². The Balaban J connectivity index is 0.000000194. The van der Waals surface area contributed by atoms with E-state index in [1.54, 1.807) is 0 Å². The van der Waals surface area contributed by atoms with Gasteiger partial charge in [0, 0.05) is 9.97 Å². The van der Waals surface area contributed by atoms with Crippen molar-refractivity contribution in [3.63, 3.8) is 0 Å². The van der Waals surface area contributed by atoms with Gasteiger partial charge in [0.25, 0.3) is 0 Å². The third-order valence-electron chi connectivity index (χ3n) is 6.71. The molecule has 0 bridgehead atoms. The number of aromatic nitrogens is 4. The van der Waals surface area contributed by atoms with E-state index in [1.807, 2.05) is 0 Å². The second-order valence-corrected chi connectivity index (χ2v) is 10.5. The SMILES string of the molecule is O=[N+]([O-])c1cn2c(n1)OC[C@@H](OCc1ccc(OC(F)(F)F)cc1)C2.O=[N+]([O-])c1cn2c(n1)OC[C@@H](OCc1ccc(OC(F)(F)F)cc1)C2. The van der Waals surface area contributed by atoms with Crippen molar-refractivity contribution in [2.24, 2.45) is 0 Å².